The van der Waals surface area contributed by atoms with Gasteiger partial charge in [0, 0.05) is 18.4 Å². The standard InChI is InChI=1S/C20H27NO2/c1-3-4-5-6-10-13-19-14-18(20(22)23-2)16-21(19)15-17-11-8-7-9-12-17/h7-9,11-12,14,16H,3-6,10,13,15H2,1-2H3. The van der Waals surface area contributed by atoms with Crippen molar-refractivity contribution in [3.63, 3.8) is 0 Å². The monoisotopic (exact) mass is 313 g/mol. The van der Waals surface area contributed by atoms with Gasteiger partial charge in [-0.25, -0.2) is 4.79 Å². The summed E-state index contributed by atoms with van der Waals surface area (Å²) in [6.45, 7) is 3.02. The number of aryl methyl sites for hydroxylation is 1. The molecule has 0 saturated carbocycles. The molecule has 0 saturated heterocycles. The Kier molecular flexibility index (Phi) is 6.92. The van der Waals surface area contributed by atoms with Crippen molar-refractivity contribution in [3.8, 4) is 0 Å². The maximum absolute atomic E-state index is 11.8. The highest BCUT2D eigenvalue weighted by molar-refractivity contribution is 5.89. The van der Waals surface area contributed by atoms with Gasteiger partial charge in [0.25, 0.3) is 0 Å². The zero-order chi connectivity index (χ0) is 16.5. The SMILES string of the molecule is CCCCCCCc1cc(C(=O)OC)cn1Cc1ccccc1. The maximum atomic E-state index is 11.8. The smallest absolute Gasteiger partial charge is 0.339 e. The second-order valence-electron chi connectivity index (χ2n) is 5.99. The van der Waals surface area contributed by atoms with E-state index in [4.69, 9.17) is 4.74 Å². The van der Waals surface area contributed by atoms with Gasteiger partial charge in [-0.1, -0.05) is 62.9 Å². The molecule has 1 aromatic carbocycles. The van der Waals surface area contributed by atoms with Gasteiger partial charge >= 0.3 is 5.97 Å². The van der Waals surface area contributed by atoms with Crippen molar-refractivity contribution >= 4 is 5.97 Å². The van der Waals surface area contributed by atoms with Crippen molar-refractivity contribution < 1.29 is 9.53 Å². The van der Waals surface area contributed by atoms with E-state index < -0.39 is 0 Å². The molecule has 0 amide bonds. The van der Waals surface area contributed by atoms with E-state index in [1.807, 2.05) is 30.5 Å². The highest BCUT2D eigenvalue weighted by Gasteiger charge is 2.12. The van der Waals surface area contributed by atoms with Crippen molar-refractivity contribution in [2.24, 2.45) is 0 Å². The molecule has 23 heavy (non-hydrogen) atoms. The molecule has 0 spiro atoms. The van der Waals surface area contributed by atoms with E-state index in [0.29, 0.717) is 5.56 Å². The summed E-state index contributed by atoms with van der Waals surface area (Å²) in [5, 5.41) is 0. The summed E-state index contributed by atoms with van der Waals surface area (Å²) in [5.41, 5.74) is 3.10. The Morgan fingerprint density at radius 1 is 1.09 bits per heavy atom. The van der Waals surface area contributed by atoms with Crippen LogP contribution in [0.1, 0.15) is 60.6 Å². The third-order valence-electron chi connectivity index (χ3n) is 4.14. The van der Waals surface area contributed by atoms with E-state index in [1.165, 1.54) is 50.5 Å². The molecule has 0 aliphatic rings. The second kappa shape index (κ2) is 9.19. The Labute approximate surface area is 139 Å². The van der Waals surface area contributed by atoms with Crippen LogP contribution >= 0.6 is 0 Å². The van der Waals surface area contributed by atoms with Crippen molar-refractivity contribution in [3.05, 3.63) is 59.4 Å². The van der Waals surface area contributed by atoms with Crippen LogP contribution in [-0.2, 0) is 17.7 Å². The number of unbranched alkanes of at least 4 members (excludes halogenated alkanes) is 4. The van der Waals surface area contributed by atoms with E-state index in [-0.39, 0.29) is 5.97 Å². The number of carbonyl (C=O) groups is 1. The summed E-state index contributed by atoms with van der Waals surface area (Å²) in [5.74, 6) is -0.260. The highest BCUT2D eigenvalue weighted by atomic mass is 16.5. The van der Waals surface area contributed by atoms with Crippen LogP contribution < -0.4 is 0 Å². The van der Waals surface area contributed by atoms with E-state index in [1.54, 1.807) is 0 Å². The Hall–Kier alpha value is -2.03. The number of hydrogen-bond acceptors (Lipinski definition) is 2. The van der Waals surface area contributed by atoms with Crippen LogP contribution in [0.25, 0.3) is 0 Å². The van der Waals surface area contributed by atoms with Crippen molar-refractivity contribution in [2.75, 3.05) is 7.11 Å². The number of carbonyl (C=O) groups excluding carboxylic acids is 1. The zero-order valence-electron chi connectivity index (χ0n) is 14.3. The molecule has 1 aromatic heterocycles. The minimum Gasteiger partial charge on any atom is -0.465 e. The van der Waals surface area contributed by atoms with Crippen LogP contribution in [0, 0.1) is 0 Å². The highest BCUT2D eigenvalue weighted by Crippen LogP contribution is 2.16. The molecule has 3 heteroatoms. The van der Waals surface area contributed by atoms with Crippen LogP contribution in [0.4, 0.5) is 0 Å². The molecule has 1 heterocycles. The van der Waals surface area contributed by atoms with Gasteiger partial charge in [0.05, 0.1) is 12.7 Å². The molecule has 0 aliphatic carbocycles. The number of methoxy groups -OCH3 is 1. The molecule has 0 radical (unpaired) electrons. The lowest BCUT2D eigenvalue weighted by molar-refractivity contribution is 0.0600. The van der Waals surface area contributed by atoms with Crippen LogP contribution in [0.3, 0.4) is 0 Å². The van der Waals surface area contributed by atoms with Crippen LogP contribution in [0.5, 0.6) is 0 Å². The molecular weight excluding hydrogens is 286 g/mol. The normalized spacial score (nSPS) is 10.7. The van der Waals surface area contributed by atoms with Gasteiger partial charge in [-0.2, -0.15) is 0 Å². The lowest BCUT2D eigenvalue weighted by Crippen LogP contribution is -2.03. The Morgan fingerprint density at radius 3 is 2.52 bits per heavy atom. The topological polar surface area (TPSA) is 31.2 Å². The number of benzene rings is 1. The second-order valence-corrected chi connectivity index (χ2v) is 5.99. The summed E-state index contributed by atoms with van der Waals surface area (Å²) in [6.07, 6.45) is 9.19. The predicted octanol–water partition coefficient (Wildman–Crippen LogP) is 4.84. The largest absolute Gasteiger partial charge is 0.465 e. The quantitative estimate of drug-likeness (QED) is 0.490. The van der Waals surface area contributed by atoms with Crippen molar-refractivity contribution in [2.45, 2.75) is 52.0 Å². The molecule has 0 N–H and O–H groups in total. The predicted molar refractivity (Wildman–Crippen MR) is 93.8 cm³/mol. The first-order valence-electron chi connectivity index (χ1n) is 8.56. The minimum atomic E-state index is -0.260. The summed E-state index contributed by atoms with van der Waals surface area (Å²) in [7, 11) is 1.43. The van der Waals surface area contributed by atoms with E-state index in [0.717, 1.165) is 13.0 Å². The molecule has 3 nitrogen and oxygen atoms in total. The number of rotatable bonds is 9. The average Bonchev–Trinajstić information content (AvgIpc) is 2.98. The van der Waals surface area contributed by atoms with Gasteiger partial charge in [0.15, 0.2) is 0 Å². The number of nitrogens with zero attached hydrogens (tertiary/aromatic N) is 1. The molecule has 0 aliphatic heterocycles. The van der Waals surface area contributed by atoms with Gasteiger partial charge in [-0.05, 0) is 24.5 Å². The first-order chi connectivity index (χ1) is 11.2. The third kappa shape index (κ3) is 5.27. The summed E-state index contributed by atoms with van der Waals surface area (Å²) in [6, 6.07) is 12.3. The summed E-state index contributed by atoms with van der Waals surface area (Å²) in [4.78, 5) is 11.8. The van der Waals surface area contributed by atoms with E-state index in [2.05, 4.69) is 23.6 Å². The molecule has 124 valence electrons. The Morgan fingerprint density at radius 2 is 1.83 bits per heavy atom. The van der Waals surface area contributed by atoms with Gasteiger partial charge in [-0.3, -0.25) is 0 Å². The van der Waals surface area contributed by atoms with Crippen LogP contribution in [-0.4, -0.2) is 17.6 Å². The number of hydrogen-bond donors (Lipinski definition) is 0. The molecule has 0 unspecified atom stereocenters. The molecule has 2 rings (SSSR count). The first kappa shape index (κ1) is 17.3. The molecule has 2 aromatic rings. The fourth-order valence-electron chi connectivity index (χ4n) is 2.83. The van der Waals surface area contributed by atoms with E-state index in [9.17, 15) is 4.79 Å². The van der Waals surface area contributed by atoms with Gasteiger partial charge in [0.2, 0.25) is 0 Å². The fourth-order valence-corrected chi connectivity index (χ4v) is 2.83. The number of aromatic nitrogens is 1. The Balaban J connectivity index is 2.07. The van der Waals surface area contributed by atoms with Crippen LogP contribution in [0.15, 0.2) is 42.6 Å². The van der Waals surface area contributed by atoms with Crippen molar-refractivity contribution in [1.82, 2.24) is 4.57 Å². The average molecular weight is 313 g/mol. The molecule has 0 fully saturated rings. The summed E-state index contributed by atoms with van der Waals surface area (Å²) >= 11 is 0. The van der Waals surface area contributed by atoms with Crippen LogP contribution in [0.2, 0.25) is 0 Å². The number of esters is 1. The summed E-state index contributed by atoms with van der Waals surface area (Å²) < 4.78 is 7.04. The molecule has 0 bridgehead atoms. The minimum absolute atomic E-state index is 0.260. The van der Waals surface area contributed by atoms with E-state index >= 15 is 0 Å². The van der Waals surface area contributed by atoms with Gasteiger partial charge in [-0.15, -0.1) is 0 Å². The van der Waals surface area contributed by atoms with Gasteiger partial charge in [0.1, 0.15) is 0 Å². The molecular formula is C20H27NO2. The molecule has 0 atom stereocenters. The number of ether oxygens (including phenoxy) is 1. The lowest BCUT2D eigenvalue weighted by Gasteiger charge is -2.09. The Bertz CT molecular complexity index is 601. The van der Waals surface area contributed by atoms with Gasteiger partial charge < -0.3 is 9.30 Å². The third-order valence-corrected chi connectivity index (χ3v) is 4.14. The maximum Gasteiger partial charge on any atom is 0.339 e. The van der Waals surface area contributed by atoms with Crippen molar-refractivity contribution in [1.29, 1.82) is 0 Å². The zero-order valence-corrected chi connectivity index (χ0v) is 14.3. The fraction of sp³-hybridized carbons (Fsp3) is 0.450. The first-order valence-corrected chi connectivity index (χ1v) is 8.56. The lowest BCUT2D eigenvalue weighted by atomic mass is 10.1.